The lowest BCUT2D eigenvalue weighted by atomic mass is 10.0. The maximum Gasteiger partial charge on any atom is 0.193 e. The van der Waals surface area contributed by atoms with Gasteiger partial charge in [-0.05, 0) is 17.5 Å². The summed E-state index contributed by atoms with van der Waals surface area (Å²) in [4.78, 5) is 6.51. The molecule has 4 heteroatoms. The number of rotatable bonds is 5. The van der Waals surface area contributed by atoms with Crippen molar-refractivity contribution in [2.24, 2.45) is 4.99 Å². The molecule has 0 aromatic heterocycles. The van der Waals surface area contributed by atoms with Gasteiger partial charge in [0, 0.05) is 13.6 Å². The van der Waals surface area contributed by atoms with Crippen LogP contribution in [-0.2, 0) is 0 Å². The second kappa shape index (κ2) is 6.45. The molecule has 0 atom stereocenters. The van der Waals surface area contributed by atoms with Gasteiger partial charge in [-0.25, -0.2) is 0 Å². The highest BCUT2D eigenvalue weighted by molar-refractivity contribution is 5.81. The number of nitrogens with zero attached hydrogens (tertiary/aromatic N) is 2. The number of likely N-dealkylation sites (N-methyl/N-ethyl adjacent to an activating group) is 1. The molecule has 104 valence electrons. The molecule has 0 aliphatic carbocycles. The molecule has 1 heterocycles. The van der Waals surface area contributed by atoms with E-state index in [-0.39, 0.29) is 0 Å². The Labute approximate surface area is 115 Å². The van der Waals surface area contributed by atoms with E-state index >= 15 is 0 Å². The second-order valence-corrected chi connectivity index (χ2v) is 5.09. The molecule has 1 aliphatic heterocycles. The fraction of sp³-hybridized carbons (Fsp3) is 0.533. The Hall–Kier alpha value is -1.71. The van der Waals surface area contributed by atoms with E-state index in [2.05, 4.69) is 41.2 Å². The maximum atomic E-state index is 5.86. The fourth-order valence-electron chi connectivity index (χ4n) is 2.14. The zero-order valence-electron chi connectivity index (χ0n) is 12.0. The molecular weight excluding hydrogens is 238 g/mol. The molecule has 2 rings (SSSR count). The lowest BCUT2D eigenvalue weighted by molar-refractivity contribution is 0.316. The van der Waals surface area contributed by atoms with E-state index in [0.717, 1.165) is 31.3 Å². The molecule has 1 aromatic carbocycles. The molecular formula is C15H23N3O. The molecule has 0 saturated carbocycles. The number of guanidine groups is 1. The average Bonchev–Trinajstić information content (AvgIpc) is 2.80. The van der Waals surface area contributed by atoms with Crippen LogP contribution in [0, 0.1) is 0 Å². The Kier molecular flexibility index (Phi) is 4.66. The van der Waals surface area contributed by atoms with Crippen LogP contribution in [0.25, 0.3) is 0 Å². The summed E-state index contributed by atoms with van der Waals surface area (Å²) >= 11 is 0. The molecule has 0 fully saturated rings. The first kappa shape index (κ1) is 13.7. The van der Waals surface area contributed by atoms with Gasteiger partial charge in [0.1, 0.15) is 12.4 Å². The predicted molar refractivity (Wildman–Crippen MR) is 79.0 cm³/mol. The van der Waals surface area contributed by atoms with Crippen LogP contribution in [-0.4, -0.2) is 44.1 Å². The first-order valence-corrected chi connectivity index (χ1v) is 6.89. The monoisotopic (exact) mass is 261 g/mol. The summed E-state index contributed by atoms with van der Waals surface area (Å²) in [7, 11) is 2.05. The molecule has 1 aliphatic rings. The molecule has 0 bridgehead atoms. The van der Waals surface area contributed by atoms with Crippen molar-refractivity contribution in [2.75, 3.05) is 33.3 Å². The van der Waals surface area contributed by atoms with Gasteiger partial charge in [0.2, 0.25) is 0 Å². The predicted octanol–water partition coefficient (Wildman–Crippen LogP) is 2.08. The van der Waals surface area contributed by atoms with Gasteiger partial charge in [0.15, 0.2) is 5.96 Å². The smallest absolute Gasteiger partial charge is 0.193 e. The van der Waals surface area contributed by atoms with Crippen LogP contribution in [0.15, 0.2) is 29.3 Å². The summed E-state index contributed by atoms with van der Waals surface area (Å²) in [5.74, 6) is 2.44. The molecule has 0 radical (unpaired) electrons. The van der Waals surface area contributed by atoms with Gasteiger partial charge in [-0.1, -0.05) is 32.0 Å². The van der Waals surface area contributed by atoms with Crippen molar-refractivity contribution in [1.82, 2.24) is 10.2 Å². The van der Waals surface area contributed by atoms with Crippen LogP contribution in [0.1, 0.15) is 25.3 Å². The second-order valence-electron chi connectivity index (χ2n) is 5.09. The zero-order valence-corrected chi connectivity index (χ0v) is 12.0. The minimum Gasteiger partial charge on any atom is -0.491 e. The highest BCUT2D eigenvalue weighted by Gasteiger charge is 2.11. The van der Waals surface area contributed by atoms with Gasteiger partial charge in [0.25, 0.3) is 0 Å². The highest BCUT2D eigenvalue weighted by Crippen LogP contribution is 2.25. The summed E-state index contributed by atoms with van der Waals surface area (Å²) in [6.07, 6.45) is 0. The first-order valence-electron chi connectivity index (χ1n) is 6.89. The van der Waals surface area contributed by atoms with E-state index in [0.29, 0.717) is 12.5 Å². The summed E-state index contributed by atoms with van der Waals surface area (Å²) in [6.45, 7) is 7.67. The van der Waals surface area contributed by atoms with Crippen molar-refractivity contribution >= 4 is 5.96 Å². The Morgan fingerprint density at radius 1 is 1.37 bits per heavy atom. The van der Waals surface area contributed by atoms with Crippen molar-refractivity contribution in [3.63, 3.8) is 0 Å². The van der Waals surface area contributed by atoms with E-state index in [4.69, 9.17) is 4.74 Å². The summed E-state index contributed by atoms with van der Waals surface area (Å²) in [5, 5.41) is 3.30. The Morgan fingerprint density at radius 2 is 2.16 bits per heavy atom. The number of hydrogen-bond acceptors (Lipinski definition) is 4. The average molecular weight is 261 g/mol. The standard InChI is InChI=1S/C15H23N3O/c1-12(2)13-6-4-5-7-14(13)19-11-9-17-15-16-8-10-18(15)3/h4-7,12H,8-11H2,1-3H3,(H,16,17). The van der Waals surface area contributed by atoms with Crippen molar-refractivity contribution in [2.45, 2.75) is 19.8 Å². The quantitative estimate of drug-likeness (QED) is 0.825. The minimum atomic E-state index is 0.481. The van der Waals surface area contributed by atoms with Gasteiger partial charge < -0.3 is 15.0 Å². The number of nitrogens with one attached hydrogen (secondary N) is 1. The number of para-hydroxylation sites is 1. The maximum absolute atomic E-state index is 5.86. The van der Waals surface area contributed by atoms with Crippen LogP contribution in [0.2, 0.25) is 0 Å². The largest absolute Gasteiger partial charge is 0.491 e. The van der Waals surface area contributed by atoms with E-state index in [1.165, 1.54) is 5.56 Å². The van der Waals surface area contributed by atoms with Gasteiger partial charge >= 0.3 is 0 Å². The van der Waals surface area contributed by atoms with Crippen LogP contribution in [0.3, 0.4) is 0 Å². The number of aliphatic imine (C=N–C) groups is 1. The SMILES string of the molecule is CC(C)c1ccccc1OCCNC1=NCCN1C. The molecule has 1 aromatic rings. The molecule has 0 amide bonds. The zero-order chi connectivity index (χ0) is 13.7. The molecule has 0 spiro atoms. The molecule has 0 saturated heterocycles. The number of benzene rings is 1. The van der Waals surface area contributed by atoms with Gasteiger partial charge in [-0.2, -0.15) is 0 Å². The molecule has 1 N–H and O–H groups in total. The van der Waals surface area contributed by atoms with Crippen LogP contribution >= 0.6 is 0 Å². The van der Waals surface area contributed by atoms with Gasteiger partial charge in [-0.3, -0.25) is 4.99 Å². The summed E-state index contributed by atoms with van der Waals surface area (Å²) in [5.41, 5.74) is 1.26. The number of hydrogen-bond donors (Lipinski definition) is 1. The first-order chi connectivity index (χ1) is 9.18. The summed E-state index contributed by atoms with van der Waals surface area (Å²) < 4.78 is 5.86. The van der Waals surface area contributed by atoms with Gasteiger partial charge in [0.05, 0.1) is 13.1 Å². The van der Waals surface area contributed by atoms with Crippen LogP contribution in [0.4, 0.5) is 0 Å². The van der Waals surface area contributed by atoms with E-state index in [1.807, 2.05) is 19.2 Å². The molecule has 4 nitrogen and oxygen atoms in total. The fourth-order valence-corrected chi connectivity index (χ4v) is 2.14. The Morgan fingerprint density at radius 3 is 2.84 bits per heavy atom. The van der Waals surface area contributed by atoms with E-state index in [9.17, 15) is 0 Å². The highest BCUT2D eigenvalue weighted by atomic mass is 16.5. The Balaban J connectivity index is 1.80. The topological polar surface area (TPSA) is 36.9 Å². The number of ether oxygens (including phenoxy) is 1. The Bertz CT molecular complexity index is 443. The van der Waals surface area contributed by atoms with Crippen molar-refractivity contribution < 1.29 is 4.74 Å². The van der Waals surface area contributed by atoms with Crippen molar-refractivity contribution in [3.8, 4) is 5.75 Å². The van der Waals surface area contributed by atoms with Crippen LogP contribution in [0.5, 0.6) is 5.75 Å². The molecule has 19 heavy (non-hydrogen) atoms. The van der Waals surface area contributed by atoms with Crippen molar-refractivity contribution in [3.05, 3.63) is 29.8 Å². The lowest BCUT2D eigenvalue weighted by Gasteiger charge is -2.17. The third-order valence-electron chi connectivity index (χ3n) is 3.24. The normalized spacial score (nSPS) is 14.7. The van der Waals surface area contributed by atoms with Gasteiger partial charge in [-0.15, -0.1) is 0 Å². The van der Waals surface area contributed by atoms with E-state index in [1.54, 1.807) is 0 Å². The van der Waals surface area contributed by atoms with E-state index < -0.39 is 0 Å². The lowest BCUT2D eigenvalue weighted by Crippen LogP contribution is -2.37. The summed E-state index contributed by atoms with van der Waals surface area (Å²) in [6, 6.07) is 8.24. The van der Waals surface area contributed by atoms with Crippen LogP contribution < -0.4 is 10.1 Å². The third-order valence-corrected chi connectivity index (χ3v) is 3.24. The minimum absolute atomic E-state index is 0.481. The third kappa shape index (κ3) is 3.63. The molecule has 0 unspecified atom stereocenters. The van der Waals surface area contributed by atoms with Crippen molar-refractivity contribution in [1.29, 1.82) is 0 Å².